The fourth-order valence-electron chi connectivity index (χ4n) is 3.53. The minimum Gasteiger partial charge on any atom is -0.507 e. The SMILES string of the molecule is CCOC(=O)C1=C(C)N=c2s/c(=C\c3cc(Cl)ccc3O)c(=O)n2C1c1ccc(Cl)cc1. The van der Waals surface area contributed by atoms with E-state index in [-0.39, 0.29) is 17.9 Å². The molecule has 0 radical (unpaired) electrons. The summed E-state index contributed by atoms with van der Waals surface area (Å²) in [6, 6.07) is 10.8. The van der Waals surface area contributed by atoms with E-state index in [2.05, 4.69) is 4.99 Å². The van der Waals surface area contributed by atoms with Crippen molar-refractivity contribution >= 4 is 46.6 Å². The zero-order valence-corrected chi connectivity index (χ0v) is 19.5. The molecule has 1 atom stereocenters. The van der Waals surface area contributed by atoms with Gasteiger partial charge in [-0.05, 0) is 55.8 Å². The van der Waals surface area contributed by atoms with E-state index in [4.69, 9.17) is 27.9 Å². The number of hydrogen-bond donors (Lipinski definition) is 1. The average molecular weight is 489 g/mol. The van der Waals surface area contributed by atoms with Crippen LogP contribution in [0.25, 0.3) is 6.08 Å². The molecule has 0 bridgehead atoms. The van der Waals surface area contributed by atoms with E-state index in [1.54, 1.807) is 56.3 Å². The number of fused-ring (bicyclic) bond motifs is 1. The Morgan fingerprint density at radius 3 is 2.59 bits per heavy atom. The molecule has 4 rings (SSSR count). The Morgan fingerprint density at radius 2 is 1.91 bits per heavy atom. The normalized spacial score (nSPS) is 16.0. The van der Waals surface area contributed by atoms with Gasteiger partial charge in [0.1, 0.15) is 5.75 Å². The fourth-order valence-corrected chi connectivity index (χ4v) is 4.88. The molecular weight excluding hydrogens is 471 g/mol. The Balaban J connectivity index is 1.97. The molecule has 0 saturated heterocycles. The summed E-state index contributed by atoms with van der Waals surface area (Å²) in [5.41, 5.74) is 1.53. The number of carbonyl (C=O) groups is 1. The van der Waals surface area contributed by atoms with E-state index in [1.165, 1.54) is 22.0 Å². The van der Waals surface area contributed by atoms with Gasteiger partial charge in [-0.15, -0.1) is 0 Å². The Hall–Kier alpha value is -2.87. The predicted molar refractivity (Wildman–Crippen MR) is 125 cm³/mol. The van der Waals surface area contributed by atoms with Crippen LogP contribution in [0, 0.1) is 0 Å². The van der Waals surface area contributed by atoms with Crippen LogP contribution >= 0.6 is 34.5 Å². The van der Waals surface area contributed by atoms with E-state index < -0.39 is 12.0 Å². The number of thiazole rings is 1. The number of phenolic OH excluding ortho intramolecular Hbond substituents is 1. The highest BCUT2D eigenvalue weighted by atomic mass is 35.5. The van der Waals surface area contributed by atoms with Crippen molar-refractivity contribution in [3.05, 3.63) is 94.6 Å². The summed E-state index contributed by atoms with van der Waals surface area (Å²) in [4.78, 5) is 31.2. The third kappa shape index (κ3) is 4.11. The van der Waals surface area contributed by atoms with Gasteiger partial charge in [0.2, 0.25) is 0 Å². The molecule has 1 aliphatic rings. The molecular formula is C23H18Cl2N2O4S. The van der Waals surface area contributed by atoms with Gasteiger partial charge in [-0.25, -0.2) is 9.79 Å². The molecule has 2 heterocycles. The Bertz CT molecular complexity index is 1420. The van der Waals surface area contributed by atoms with Gasteiger partial charge in [-0.2, -0.15) is 0 Å². The van der Waals surface area contributed by atoms with Gasteiger partial charge in [-0.1, -0.05) is 46.7 Å². The van der Waals surface area contributed by atoms with Crippen molar-refractivity contribution in [3.63, 3.8) is 0 Å². The van der Waals surface area contributed by atoms with Crippen molar-refractivity contribution < 1.29 is 14.6 Å². The molecule has 1 N–H and O–H groups in total. The Labute approximate surface area is 197 Å². The van der Waals surface area contributed by atoms with Crippen LogP contribution in [0.4, 0.5) is 0 Å². The van der Waals surface area contributed by atoms with Crippen molar-refractivity contribution in [2.75, 3.05) is 6.61 Å². The zero-order valence-electron chi connectivity index (χ0n) is 17.1. The van der Waals surface area contributed by atoms with Gasteiger partial charge in [0.25, 0.3) is 5.56 Å². The third-order valence-corrected chi connectivity index (χ3v) is 6.45. The van der Waals surface area contributed by atoms with Crippen molar-refractivity contribution in [2.45, 2.75) is 19.9 Å². The van der Waals surface area contributed by atoms with Gasteiger partial charge in [-0.3, -0.25) is 9.36 Å². The molecule has 32 heavy (non-hydrogen) atoms. The van der Waals surface area contributed by atoms with Crippen molar-refractivity contribution in [2.24, 2.45) is 4.99 Å². The lowest BCUT2D eigenvalue weighted by molar-refractivity contribution is -0.139. The van der Waals surface area contributed by atoms with Crippen molar-refractivity contribution in [1.29, 1.82) is 0 Å². The maximum Gasteiger partial charge on any atom is 0.338 e. The minimum absolute atomic E-state index is 0.00196. The van der Waals surface area contributed by atoms with Gasteiger partial charge < -0.3 is 9.84 Å². The molecule has 1 unspecified atom stereocenters. The maximum atomic E-state index is 13.5. The number of hydrogen-bond acceptors (Lipinski definition) is 6. The van der Waals surface area contributed by atoms with Crippen molar-refractivity contribution in [1.82, 2.24) is 4.57 Å². The highest BCUT2D eigenvalue weighted by molar-refractivity contribution is 7.07. The number of aromatic nitrogens is 1. The lowest BCUT2D eigenvalue weighted by atomic mass is 9.96. The van der Waals surface area contributed by atoms with E-state index in [1.807, 2.05) is 0 Å². The van der Waals surface area contributed by atoms with Crippen LogP contribution in [0.3, 0.4) is 0 Å². The summed E-state index contributed by atoms with van der Waals surface area (Å²) < 4.78 is 7.08. The second-order valence-corrected chi connectivity index (χ2v) is 8.94. The van der Waals surface area contributed by atoms with Gasteiger partial charge in [0, 0.05) is 15.6 Å². The lowest BCUT2D eigenvalue weighted by Crippen LogP contribution is -2.39. The molecule has 3 aromatic rings. The predicted octanol–water partition coefficient (Wildman–Crippen LogP) is 3.81. The van der Waals surface area contributed by atoms with Crippen LogP contribution in [-0.4, -0.2) is 22.2 Å². The number of aromatic hydroxyl groups is 1. The van der Waals surface area contributed by atoms with Crippen LogP contribution in [-0.2, 0) is 9.53 Å². The number of halogens is 2. The van der Waals surface area contributed by atoms with E-state index in [9.17, 15) is 14.7 Å². The first-order valence-corrected chi connectivity index (χ1v) is 11.3. The number of esters is 1. The molecule has 0 fully saturated rings. The number of allylic oxidation sites excluding steroid dienone is 1. The van der Waals surface area contributed by atoms with Crippen molar-refractivity contribution in [3.8, 4) is 5.75 Å². The molecule has 9 heteroatoms. The fraction of sp³-hybridized carbons (Fsp3) is 0.174. The monoisotopic (exact) mass is 488 g/mol. The summed E-state index contributed by atoms with van der Waals surface area (Å²) >= 11 is 13.3. The summed E-state index contributed by atoms with van der Waals surface area (Å²) in [6.07, 6.45) is 1.56. The Morgan fingerprint density at radius 1 is 1.22 bits per heavy atom. The Kier molecular flexibility index (Phi) is 6.24. The minimum atomic E-state index is -0.724. The molecule has 6 nitrogen and oxygen atoms in total. The summed E-state index contributed by atoms with van der Waals surface area (Å²) in [5, 5.41) is 11.1. The number of ether oxygens (including phenoxy) is 1. The number of carbonyl (C=O) groups excluding carboxylic acids is 1. The van der Waals surface area contributed by atoms with Gasteiger partial charge in [0.15, 0.2) is 4.80 Å². The standard InChI is InChI=1S/C23H18Cl2N2O4S/c1-3-31-22(30)19-12(2)26-23-27(20(19)13-4-6-15(24)7-5-13)21(29)18(32-23)11-14-10-16(25)8-9-17(14)28/h4-11,20,28H,3H2,1-2H3/b18-11-. The van der Waals surface area contributed by atoms with Gasteiger partial charge in [0.05, 0.1) is 28.5 Å². The van der Waals surface area contributed by atoms with Crippen LogP contribution in [0.5, 0.6) is 5.75 Å². The third-order valence-electron chi connectivity index (χ3n) is 4.98. The molecule has 0 spiro atoms. The number of phenols is 1. The van der Waals surface area contributed by atoms with E-state index in [0.717, 1.165) is 0 Å². The van der Waals surface area contributed by atoms with Crippen LogP contribution in [0.1, 0.15) is 31.0 Å². The largest absolute Gasteiger partial charge is 0.507 e. The summed E-state index contributed by atoms with van der Waals surface area (Å²) in [5.74, 6) is -0.534. The first-order valence-electron chi connectivity index (χ1n) is 9.73. The number of benzene rings is 2. The topological polar surface area (TPSA) is 80.9 Å². The molecule has 0 aliphatic carbocycles. The smallest absolute Gasteiger partial charge is 0.338 e. The average Bonchev–Trinajstić information content (AvgIpc) is 3.05. The molecule has 1 aliphatic heterocycles. The number of nitrogens with zero attached hydrogens (tertiary/aromatic N) is 2. The molecule has 1 aromatic heterocycles. The first kappa shape index (κ1) is 22.3. The highest BCUT2D eigenvalue weighted by Gasteiger charge is 2.33. The molecule has 0 amide bonds. The van der Waals surface area contributed by atoms with Crippen LogP contribution in [0.15, 0.2) is 63.5 Å². The summed E-state index contributed by atoms with van der Waals surface area (Å²) in [6.45, 7) is 3.63. The van der Waals surface area contributed by atoms with E-state index >= 15 is 0 Å². The van der Waals surface area contributed by atoms with Crippen LogP contribution < -0.4 is 14.9 Å². The molecule has 2 aromatic carbocycles. The van der Waals surface area contributed by atoms with E-state index in [0.29, 0.717) is 41.8 Å². The number of rotatable bonds is 4. The van der Waals surface area contributed by atoms with Crippen LogP contribution in [0.2, 0.25) is 10.0 Å². The first-order chi connectivity index (χ1) is 15.3. The zero-order chi connectivity index (χ0) is 23.0. The maximum absolute atomic E-state index is 13.5. The highest BCUT2D eigenvalue weighted by Crippen LogP contribution is 2.31. The quantitative estimate of drug-likeness (QED) is 0.566. The molecule has 0 saturated carbocycles. The summed E-state index contributed by atoms with van der Waals surface area (Å²) in [7, 11) is 0. The lowest BCUT2D eigenvalue weighted by Gasteiger charge is -2.24. The van der Waals surface area contributed by atoms with Gasteiger partial charge >= 0.3 is 5.97 Å². The molecule has 164 valence electrons. The second-order valence-electron chi connectivity index (χ2n) is 7.06. The second kappa shape index (κ2) is 8.94.